The van der Waals surface area contributed by atoms with Gasteiger partial charge in [0.05, 0.1) is 4.34 Å². The summed E-state index contributed by atoms with van der Waals surface area (Å²) in [5, 5.41) is 11.0. The van der Waals surface area contributed by atoms with E-state index >= 15 is 0 Å². The van der Waals surface area contributed by atoms with Crippen LogP contribution in [0.25, 0.3) is 0 Å². The van der Waals surface area contributed by atoms with Crippen molar-refractivity contribution in [1.82, 2.24) is 20.1 Å². The highest BCUT2D eigenvalue weighted by atomic mass is 35.5. The highest BCUT2D eigenvalue weighted by Gasteiger charge is 2.04. The second-order valence-electron chi connectivity index (χ2n) is 3.65. The maximum Gasteiger partial charge on any atom is 0.119 e. The van der Waals surface area contributed by atoms with Gasteiger partial charge in [0.25, 0.3) is 0 Å². The minimum atomic E-state index is 0.372. The molecule has 2 aromatic heterocycles. The van der Waals surface area contributed by atoms with E-state index in [2.05, 4.69) is 22.4 Å². The highest BCUT2D eigenvalue weighted by molar-refractivity contribution is 7.16. The van der Waals surface area contributed by atoms with E-state index in [9.17, 15) is 0 Å². The fourth-order valence-corrected chi connectivity index (χ4v) is 2.46. The lowest BCUT2D eigenvalue weighted by atomic mass is 10.3. The van der Waals surface area contributed by atoms with Gasteiger partial charge in [0.1, 0.15) is 12.7 Å². The van der Waals surface area contributed by atoms with Crippen LogP contribution in [0.4, 0.5) is 0 Å². The summed E-state index contributed by atoms with van der Waals surface area (Å²) in [6.45, 7) is 3.85. The van der Waals surface area contributed by atoms with E-state index in [1.165, 1.54) is 4.88 Å². The molecule has 0 aliphatic heterocycles. The lowest BCUT2D eigenvalue weighted by molar-refractivity contribution is 0.477. The van der Waals surface area contributed by atoms with E-state index < -0.39 is 0 Å². The molecular formula is C10H13ClN4S. The molecule has 1 atom stereocenters. The lowest BCUT2D eigenvalue weighted by Gasteiger charge is -2.12. The van der Waals surface area contributed by atoms with E-state index in [-0.39, 0.29) is 0 Å². The van der Waals surface area contributed by atoms with Gasteiger partial charge < -0.3 is 9.88 Å². The summed E-state index contributed by atoms with van der Waals surface area (Å²) in [7, 11) is 0. The molecule has 0 amide bonds. The summed E-state index contributed by atoms with van der Waals surface area (Å²) in [6.07, 6.45) is 3.44. The highest BCUT2D eigenvalue weighted by Crippen LogP contribution is 2.21. The van der Waals surface area contributed by atoms with Gasteiger partial charge in [-0.15, -0.1) is 21.5 Å². The van der Waals surface area contributed by atoms with E-state index in [1.807, 2.05) is 16.7 Å². The zero-order valence-corrected chi connectivity index (χ0v) is 10.5. The number of nitrogens with one attached hydrogen (secondary N) is 1. The Morgan fingerprint density at radius 1 is 1.44 bits per heavy atom. The first-order valence-corrected chi connectivity index (χ1v) is 6.23. The maximum absolute atomic E-state index is 5.86. The summed E-state index contributed by atoms with van der Waals surface area (Å²) in [4.78, 5) is 1.25. The molecule has 6 heteroatoms. The number of aromatic nitrogens is 3. The van der Waals surface area contributed by atoms with Crippen LogP contribution in [-0.4, -0.2) is 20.8 Å². The molecule has 1 N–H and O–H groups in total. The van der Waals surface area contributed by atoms with Crippen molar-refractivity contribution in [3.63, 3.8) is 0 Å². The average molecular weight is 257 g/mol. The van der Waals surface area contributed by atoms with Crippen LogP contribution in [0.1, 0.15) is 11.8 Å². The second-order valence-corrected chi connectivity index (χ2v) is 5.45. The van der Waals surface area contributed by atoms with Gasteiger partial charge in [0.2, 0.25) is 0 Å². The van der Waals surface area contributed by atoms with Crippen molar-refractivity contribution in [2.75, 3.05) is 0 Å². The molecule has 0 aromatic carbocycles. The van der Waals surface area contributed by atoms with Crippen LogP contribution in [0.15, 0.2) is 24.8 Å². The van der Waals surface area contributed by atoms with Gasteiger partial charge in [-0.05, 0) is 19.1 Å². The van der Waals surface area contributed by atoms with Crippen LogP contribution in [0.3, 0.4) is 0 Å². The van der Waals surface area contributed by atoms with Crippen molar-refractivity contribution in [1.29, 1.82) is 0 Å². The van der Waals surface area contributed by atoms with Crippen LogP contribution in [0.2, 0.25) is 4.34 Å². The van der Waals surface area contributed by atoms with Crippen LogP contribution in [0, 0.1) is 0 Å². The van der Waals surface area contributed by atoms with E-state index in [0.717, 1.165) is 17.4 Å². The first-order chi connectivity index (χ1) is 7.74. The minimum Gasteiger partial charge on any atom is -0.319 e. The Balaban J connectivity index is 1.77. The van der Waals surface area contributed by atoms with Crippen molar-refractivity contribution >= 4 is 22.9 Å². The lowest BCUT2D eigenvalue weighted by Crippen LogP contribution is -2.29. The molecule has 0 bridgehead atoms. The molecular weight excluding hydrogens is 244 g/mol. The molecule has 0 aliphatic carbocycles. The van der Waals surface area contributed by atoms with Gasteiger partial charge in [-0.1, -0.05) is 11.6 Å². The summed E-state index contributed by atoms with van der Waals surface area (Å²) >= 11 is 7.47. The third-order valence-corrected chi connectivity index (χ3v) is 3.44. The van der Waals surface area contributed by atoms with Crippen molar-refractivity contribution in [2.45, 2.75) is 26.1 Å². The number of rotatable bonds is 5. The van der Waals surface area contributed by atoms with Gasteiger partial charge in [0, 0.05) is 24.0 Å². The van der Waals surface area contributed by atoms with Crippen molar-refractivity contribution in [3.05, 3.63) is 34.0 Å². The fourth-order valence-electron chi connectivity index (χ4n) is 1.42. The maximum atomic E-state index is 5.86. The third-order valence-electron chi connectivity index (χ3n) is 2.20. The number of hydrogen-bond acceptors (Lipinski definition) is 4. The van der Waals surface area contributed by atoms with Gasteiger partial charge in [-0.2, -0.15) is 0 Å². The smallest absolute Gasteiger partial charge is 0.119 e. The van der Waals surface area contributed by atoms with Gasteiger partial charge >= 0.3 is 0 Å². The molecule has 1 unspecified atom stereocenters. The molecule has 0 radical (unpaired) electrons. The Morgan fingerprint density at radius 2 is 2.19 bits per heavy atom. The number of thiophene rings is 1. The van der Waals surface area contributed by atoms with E-state index in [0.29, 0.717) is 6.04 Å². The largest absolute Gasteiger partial charge is 0.319 e. The van der Waals surface area contributed by atoms with Crippen molar-refractivity contribution < 1.29 is 0 Å². The predicted molar refractivity (Wildman–Crippen MR) is 65.7 cm³/mol. The summed E-state index contributed by atoms with van der Waals surface area (Å²) in [6, 6.07) is 4.34. The van der Waals surface area contributed by atoms with E-state index in [4.69, 9.17) is 11.6 Å². The standard InChI is InChI=1S/C10H13ClN4S/c1-8(5-15-6-13-14-7-15)12-4-9-2-3-10(11)16-9/h2-3,6-8,12H,4-5H2,1H3. The molecule has 86 valence electrons. The second kappa shape index (κ2) is 5.43. The van der Waals surface area contributed by atoms with Crippen LogP contribution in [-0.2, 0) is 13.1 Å². The normalized spacial score (nSPS) is 12.9. The molecule has 2 aromatic rings. The quantitative estimate of drug-likeness (QED) is 0.892. The molecule has 0 spiro atoms. The topological polar surface area (TPSA) is 42.7 Å². The summed E-state index contributed by atoms with van der Waals surface area (Å²) in [5.74, 6) is 0. The molecule has 16 heavy (non-hydrogen) atoms. The van der Waals surface area contributed by atoms with Crippen LogP contribution >= 0.6 is 22.9 Å². The summed E-state index contributed by atoms with van der Waals surface area (Å²) < 4.78 is 2.79. The summed E-state index contributed by atoms with van der Waals surface area (Å²) in [5.41, 5.74) is 0. The molecule has 2 heterocycles. The number of halogens is 1. The Hall–Kier alpha value is -0.910. The molecule has 0 fully saturated rings. The average Bonchev–Trinajstić information content (AvgIpc) is 2.87. The Bertz CT molecular complexity index is 426. The molecule has 4 nitrogen and oxygen atoms in total. The minimum absolute atomic E-state index is 0.372. The van der Waals surface area contributed by atoms with Crippen LogP contribution < -0.4 is 5.32 Å². The predicted octanol–water partition coefficient (Wildman–Crippen LogP) is 2.17. The van der Waals surface area contributed by atoms with Crippen molar-refractivity contribution in [3.8, 4) is 0 Å². The van der Waals surface area contributed by atoms with Gasteiger partial charge in [-0.25, -0.2) is 0 Å². The first kappa shape index (κ1) is 11.6. The van der Waals surface area contributed by atoms with Gasteiger partial charge in [0.15, 0.2) is 0 Å². The molecule has 0 aliphatic rings. The first-order valence-electron chi connectivity index (χ1n) is 5.04. The zero-order valence-electron chi connectivity index (χ0n) is 8.93. The molecule has 0 saturated carbocycles. The Kier molecular flexibility index (Phi) is 3.93. The third kappa shape index (κ3) is 3.30. The van der Waals surface area contributed by atoms with Crippen molar-refractivity contribution in [2.24, 2.45) is 0 Å². The van der Waals surface area contributed by atoms with E-state index in [1.54, 1.807) is 24.0 Å². The Labute approximate surface area is 103 Å². The van der Waals surface area contributed by atoms with Gasteiger partial charge in [-0.3, -0.25) is 0 Å². The fraction of sp³-hybridized carbons (Fsp3) is 0.400. The number of hydrogen-bond donors (Lipinski definition) is 1. The molecule has 2 rings (SSSR count). The van der Waals surface area contributed by atoms with Crippen LogP contribution in [0.5, 0.6) is 0 Å². The Morgan fingerprint density at radius 3 is 2.81 bits per heavy atom. The molecule has 0 saturated heterocycles. The monoisotopic (exact) mass is 256 g/mol. The zero-order chi connectivity index (χ0) is 11.4. The number of nitrogens with zero attached hydrogens (tertiary/aromatic N) is 3. The SMILES string of the molecule is CC(Cn1cnnc1)NCc1ccc(Cl)s1.